The van der Waals surface area contributed by atoms with Gasteiger partial charge in [-0.2, -0.15) is 9.78 Å². The van der Waals surface area contributed by atoms with Crippen molar-refractivity contribution in [3.05, 3.63) is 65.6 Å². The zero-order chi connectivity index (χ0) is 22.2. The third kappa shape index (κ3) is 4.21. The third-order valence-electron chi connectivity index (χ3n) is 5.80. The second kappa shape index (κ2) is 8.11. The lowest BCUT2D eigenvalue weighted by molar-refractivity contribution is -0.117. The van der Waals surface area contributed by atoms with Crippen LogP contribution >= 0.6 is 0 Å². The number of hydrogen-bond acceptors (Lipinski definition) is 4. The fourth-order valence-corrected chi connectivity index (χ4v) is 3.66. The molecule has 2 aliphatic carbocycles. The number of amides is 2. The van der Waals surface area contributed by atoms with Crippen molar-refractivity contribution in [1.82, 2.24) is 15.1 Å². The molecule has 2 saturated carbocycles. The Kier molecular flexibility index (Phi) is 5.13. The number of carbonyl (C=O) groups is 2. The molecule has 0 radical (unpaired) electrons. The van der Waals surface area contributed by atoms with E-state index in [9.17, 15) is 19.1 Å². The van der Waals surface area contributed by atoms with Crippen molar-refractivity contribution in [2.75, 3.05) is 5.32 Å². The Hall–Kier alpha value is -3.68. The second-order valence-corrected chi connectivity index (χ2v) is 8.39. The van der Waals surface area contributed by atoms with E-state index >= 15 is 0 Å². The summed E-state index contributed by atoms with van der Waals surface area (Å²) in [5.74, 6) is -0.126. The van der Waals surface area contributed by atoms with Crippen LogP contribution in [0.1, 0.15) is 42.9 Å². The summed E-state index contributed by atoms with van der Waals surface area (Å²) >= 11 is 0. The van der Waals surface area contributed by atoms with Gasteiger partial charge in [0.05, 0.1) is 11.4 Å². The van der Waals surface area contributed by atoms with E-state index in [0.717, 1.165) is 31.4 Å². The minimum Gasteiger partial charge on any atom is -0.507 e. The Morgan fingerprint density at radius 3 is 2.59 bits per heavy atom. The quantitative estimate of drug-likeness (QED) is 0.502. The summed E-state index contributed by atoms with van der Waals surface area (Å²) in [6.07, 6.45) is 3.70. The van der Waals surface area contributed by atoms with Gasteiger partial charge in [-0.05, 0) is 56.0 Å². The van der Waals surface area contributed by atoms with Gasteiger partial charge in [0.2, 0.25) is 5.91 Å². The molecule has 7 nitrogen and oxygen atoms in total. The summed E-state index contributed by atoms with van der Waals surface area (Å²) in [7, 11) is 0. The Labute approximate surface area is 184 Å². The number of aromatic nitrogens is 2. The monoisotopic (exact) mass is 434 g/mol. The van der Waals surface area contributed by atoms with Gasteiger partial charge in [0.25, 0.3) is 0 Å². The van der Waals surface area contributed by atoms with Gasteiger partial charge >= 0.3 is 6.03 Å². The van der Waals surface area contributed by atoms with Gasteiger partial charge in [-0.25, -0.2) is 9.18 Å². The Balaban J connectivity index is 1.40. The molecule has 2 amide bonds. The lowest BCUT2D eigenvalue weighted by Crippen LogP contribution is -2.30. The first-order valence-electron chi connectivity index (χ1n) is 10.8. The van der Waals surface area contributed by atoms with E-state index in [1.165, 1.54) is 16.8 Å². The summed E-state index contributed by atoms with van der Waals surface area (Å²) in [5, 5.41) is 20.4. The molecule has 3 N–H and O–H groups in total. The number of hydrogen-bond donors (Lipinski definition) is 3. The summed E-state index contributed by atoms with van der Waals surface area (Å²) in [6.45, 7) is 0.0404. The highest BCUT2D eigenvalue weighted by atomic mass is 19.1. The van der Waals surface area contributed by atoms with E-state index < -0.39 is 6.03 Å². The van der Waals surface area contributed by atoms with E-state index in [2.05, 4.69) is 15.7 Å². The van der Waals surface area contributed by atoms with Crippen LogP contribution in [-0.4, -0.2) is 26.8 Å². The van der Waals surface area contributed by atoms with Crippen molar-refractivity contribution in [3.63, 3.8) is 0 Å². The Bertz CT molecular complexity index is 1200. The van der Waals surface area contributed by atoms with Gasteiger partial charge in [-0.3, -0.25) is 4.79 Å². The normalized spacial score (nSPS) is 15.4. The van der Waals surface area contributed by atoms with Crippen LogP contribution in [0.15, 0.2) is 48.5 Å². The van der Waals surface area contributed by atoms with E-state index in [0.29, 0.717) is 22.5 Å². The molecule has 8 heteroatoms. The number of nitrogens with zero attached hydrogens (tertiary/aromatic N) is 2. The van der Waals surface area contributed by atoms with Crippen molar-refractivity contribution < 1.29 is 19.1 Å². The van der Waals surface area contributed by atoms with Gasteiger partial charge in [-0.15, -0.1) is 0 Å². The van der Waals surface area contributed by atoms with Crippen LogP contribution in [0.5, 0.6) is 5.75 Å². The first kappa shape index (κ1) is 20.2. The van der Waals surface area contributed by atoms with E-state index in [1.807, 2.05) is 0 Å². The predicted molar refractivity (Wildman–Crippen MR) is 117 cm³/mol. The molecule has 164 valence electrons. The van der Waals surface area contributed by atoms with Crippen molar-refractivity contribution in [3.8, 4) is 17.0 Å². The summed E-state index contributed by atoms with van der Waals surface area (Å²) < 4.78 is 15.2. The Morgan fingerprint density at radius 2 is 1.88 bits per heavy atom. The number of carbonyl (C=O) groups excluding carboxylic acids is 2. The van der Waals surface area contributed by atoms with Crippen LogP contribution in [0.4, 0.5) is 14.9 Å². The molecular weight excluding hydrogens is 411 g/mol. The summed E-state index contributed by atoms with van der Waals surface area (Å²) in [5.41, 5.74) is 2.58. The van der Waals surface area contributed by atoms with Crippen LogP contribution < -0.4 is 10.6 Å². The van der Waals surface area contributed by atoms with Crippen LogP contribution in [0.2, 0.25) is 0 Å². The fourth-order valence-electron chi connectivity index (χ4n) is 3.66. The van der Waals surface area contributed by atoms with E-state index in [4.69, 9.17) is 0 Å². The molecule has 0 atom stereocenters. The number of halogens is 1. The maximum Gasteiger partial charge on any atom is 0.342 e. The highest BCUT2D eigenvalue weighted by molar-refractivity contribution is 5.95. The van der Waals surface area contributed by atoms with Crippen molar-refractivity contribution in [2.45, 2.75) is 38.1 Å². The largest absolute Gasteiger partial charge is 0.507 e. The highest BCUT2D eigenvalue weighted by Gasteiger charge is 2.31. The third-order valence-corrected chi connectivity index (χ3v) is 5.80. The molecule has 0 spiro atoms. The van der Waals surface area contributed by atoms with Crippen molar-refractivity contribution >= 4 is 17.6 Å². The SMILES string of the molecule is O=C(Nc1ccc(O)c(-c2cc(C3CC3)n(C(=O)NCc3ccccc3F)n2)c1)C1CC1. The molecule has 5 rings (SSSR count). The molecule has 2 aromatic carbocycles. The average Bonchev–Trinajstić information content (AvgIpc) is 3.71. The zero-order valence-corrected chi connectivity index (χ0v) is 17.3. The molecule has 0 unspecified atom stereocenters. The summed E-state index contributed by atoms with van der Waals surface area (Å²) in [4.78, 5) is 24.9. The van der Waals surface area contributed by atoms with Crippen LogP contribution in [0, 0.1) is 11.7 Å². The fraction of sp³-hybridized carbons (Fsp3) is 0.292. The van der Waals surface area contributed by atoms with Gasteiger partial charge in [0.1, 0.15) is 11.6 Å². The number of nitrogens with one attached hydrogen (secondary N) is 2. The minimum atomic E-state index is -0.459. The molecule has 0 aliphatic heterocycles. The van der Waals surface area contributed by atoms with Crippen LogP contribution in [0.25, 0.3) is 11.3 Å². The van der Waals surface area contributed by atoms with E-state index in [1.54, 1.807) is 36.4 Å². The van der Waals surface area contributed by atoms with Gasteiger partial charge < -0.3 is 15.7 Å². The number of rotatable bonds is 6. The van der Waals surface area contributed by atoms with E-state index in [-0.39, 0.29) is 35.9 Å². The average molecular weight is 434 g/mol. The molecule has 0 bridgehead atoms. The number of phenols is 1. The topological polar surface area (TPSA) is 96.2 Å². The molecule has 2 fully saturated rings. The smallest absolute Gasteiger partial charge is 0.342 e. The lowest BCUT2D eigenvalue weighted by Gasteiger charge is -2.09. The Morgan fingerprint density at radius 1 is 1.09 bits per heavy atom. The van der Waals surface area contributed by atoms with Crippen LogP contribution in [0.3, 0.4) is 0 Å². The molecule has 3 aromatic rings. The second-order valence-electron chi connectivity index (χ2n) is 8.39. The lowest BCUT2D eigenvalue weighted by atomic mass is 10.1. The predicted octanol–water partition coefficient (Wildman–Crippen LogP) is 4.38. The number of phenolic OH excluding ortho intramolecular Hbond substituents is 1. The summed E-state index contributed by atoms with van der Waals surface area (Å²) in [6, 6.07) is 12.4. The zero-order valence-electron chi connectivity index (χ0n) is 17.3. The standard InChI is InChI=1S/C24H23FN4O3/c25-19-4-2-1-3-16(19)13-26-24(32)29-21(14-5-6-14)12-20(28-29)18-11-17(9-10-22(18)30)27-23(31)15-7-8-15/h1-4,9-12,14-15,30H,5-8,13H2,(H,26,32)(H,27,31). The maximum absolute atomic E-state index is 13.9. The first-order valence-corrected chi connectivity index (χ1v) is 10.8. The minimum absolute atomic E-state index is 0.00758. The van der Waals surface area contributed by atoms with Crippen LogP contribution in [-0.2, 0) is 11.3 Å². The van der Waals surface area contributed by atoms with Gasteiger partial charge in [0, 0.05) is 35.2 Å². The first-order chi connectivity index (χ1) is 15.5. The van der Waals surface area contributed by atoms with Crippen molar-refractivity contribution in [1.29, 1.82) is 0 Å². The van der Waals surface area contributed by atoms with Gasteiger partial charge in [0.15, 0.2) is 0 Å². The molecule has 1 aromatic heterocycles. The van der Waals surface area contributed by atoms with Gasteiger partial charge in [-0.1, -0.05) is 18.2 Å². The molecule has 32 heavy (non-hydrogen) atoms. The molecule has 1 heterocycles. The highest BCUT2D eigenvalue weighted by Crippen LogP contribution is 2.42. The van der Waals surface area contributed by atoms with Crippen molar-refractivity contribution in [2.24, 2.45) is 5.92 Å². The maximum atomic E-state index is 13.9. The molecular formula is C24H23FN4O3. The number of aromatic hydroxyl groups is 1. The molecule has 2 aliphatic rings. The molecule has 0 saturated heterocycles. The number of benzene rings is 2. The number of anilines is 1.